The largest absolute Gasteiger partial charge is 0.383 e. The Labute approximate surface area is 116 Å². The summed E-state index contributed by atoms with van der Waals surface area (Å²) in [4.78, 5) is 4.50. The Balaban J connectivity index is 2.35. The van der Waals surface area contributed by atoms with E-state index in [1.807, 2.05) is 37.3 Å². The Bertz CT molecular complexity index is 818. The SMILES string of the molecule is Cc1ccc(F)c(-c2nc3cc(C)cc(C)n3c2N)c1. The molecule has 1 aromatic carbocycles. The molecular weight excluding hydrogens is 253 g/mol. The average molecular weight is 269 g/mol. The molecule has 0 fully saturated rings. The zero-order chi connectivity index (χ0) is 14.4. The van der Waals surface area contributed by atoms with Crippen LogP contribution in [0.15, 0.2) is 30.3 Å². The van der Waals surface area contributed by atoms with Gasteiger partial charge in [0.2, 0.25) is 0 Å². The van der Waals surface area contributed by atoms with E-state index in [-0.39, 0.29) is 5.82 Å². The van der Waals surface area contributed by atoms with E-state index in [0.717, 1.165) is 22.5 Å². The fraction of sp³-hybridized carbons (Fsp3) is 0.188. The predicted octanol–water partition coefficient (Wildman–Crippen LogP) is 3.65. The molecule has 0 atom stereocenters. The lowest BCUT2D eigenvalue weighted by Gasteiger charge is -2.05. The molecular formula is C16H16FN3. The Morgan fingerprint density at radius 3 is 2.55 bits per heavy atom. The standard InChI is InChI=1S/C16H16FN3/c1-9-4-5-13(17)12(7-9)15-16(18)20-11(3)6-10(2)8-14(20)19-15/h4-8H,18H2,1-3H3. The van der Waals surface area contributed by atoms with Crippen LogP contribution in [0.3, 0.4) is 0 Å². The summed E-state index contributed by atoms with van der Waals surface area (Å²) in [7, 11) is 0. The van der Waals surface area contributed by atoms with E-state index in [4.69, 9.17) is 5.73 Å². The number of aromatic nitrogens is 2. The molecule has 2 N–H and O–H groups in total. The molecule has 0 aliphatic carbocycles. The molecule has 20 heavy (non-hydrogen) atoms. The van der Waals surface area contributed by atoms with Crippen molar-refractivity contribution in [2.75, 3.05) is 5.73 Å². The number of pyridine rings is 1. The van der Waals surface area contributed by atoms with E-state index < -0.39 is 0 Å². The topological polar surface area (TPSA) is 43.3 Å². The monoisotopic (exact) mass is 269 g/mol. The van der Waals surface area contributed by atoms with Gasteiger partial charge in [0.05, 0.1) is 0 Å². The van der Waals surface area contributed by atoms with E-state index in [9.17, 15) is 4.39 Å². The van der Waals surface area contributed by atoms with Gasteiger partial charge in [-0.15, -0.1) is 0 Å². The van der Waals surface area contributed by atoms with Crippen molar-refractivity contribution in [3.05, 3.63) is 53.0 Å². The second-order valence-electron chi connectivity index (χ2n) is 5.20. The second-order valence-corrected chi connectivity index (χ2v) is 5.20. The third-order valence-corrected chi connectivity index (χ3v) is 3.46. The van der Waals surface area contributed by atoms with Gasteiger partial charge in [-0.05, 0) is 50.6 Å². The van der Waals surface area contributed by atoms with E-state index in [0.29, 0.717) is 17.1 Å². The van der Waals surface area contributed by atoms with Crippen LogP contribution in [0.2, 0.25) is 0 Å². The molecule has 0 radical (unpaired) electrons. The van der Waals surface area contributed by atoms with Crippen LogP contribution < -0.4 is 5.73 Å². The molecule has 0 saturated heterocycles. The molecule has 0 aliphatic rings. The molecule has 3 rings (SSSR count). The molecule has 0 unspecified atom stereocenters. The summed E-state index contributed by atoms with van der Waals surface area (Å²) in [6.07, 6.45) is 0. The van der Waals surface area contributed by atoms with Crippen molar-refractivity contribution in [1.82, 2.24) is 9.38 Å². The molecule has 3 nitrogen and oxygen atoms in total. The molecule has 0 spiro atoms. The number of aryl methyl sites for hydroxylation is 3. The van der Waals surface area contributed by atoms with Gasteiger partial charge in [-0.25, -0.2) is 9.37 Å². The van der Waals surface area contributed by atoms with Gasteiger partial charge in [0.15, 0.2) is 0 Å². The minimum atomic E-state index is -0.305. The molecule has 102 valence electrons. The highest BCUT2D eigenvalue weighted by atomic mass is 19.1. The fourth-order valence-electron chi connectivity index (χ4n) is 2.58. The minimum Gasteiger partial charge on any atom is -0.383 e. The zero-order valence-corrected chi connectivity index (χ0v) is 11.7. The first-order chi connectivity index (χ1) is 9.47. The molecule has 2 heterocycles. The van der Waals surface area contributed by atoms with Gasteiger partial charge in [-0.1, -0.05) is 11.6 Å². The van der Waals surface area contributed by atoms with Crippen molar-refractivity contribution in [2.24, 2.45) is 0 Å². The van der Waals surface area contributed by atoms with Crippen molar-refractivity contribution in [3.8, 4) is 11.3 Å². The Hall–Kier alpha value is -2.36. The minimum absolute atomic E-state index is 0.305. The van der Waals surface area contributed by atoms with Crippen LogP contribution in [0.1, 0.15) is 16.8 Å². The molecule has 0 amide bonds. The lowest BCUT2D eigenvalue weighted by atomic mass is 10.1. The first-order valence-electron chi connectivity index (χ1n) is 6.49. The van der Waals surface area contributed by atoms with E-state index in [1.54, 1.807) is 12.1 Å². The summed E-state index contributed by atoms with van der Waals surface area (Å²) in [5.74, 6) is 0.169. The van der Waals surface area contributed by atoms with E-state index in [2.05, 4.69) is 4.98 Å². The maximum Gasteiger partial charge on any atom is 0.139 e. The second kappa shape index (κ2) is 4.34. The smallest absolute Gasteiger partial charge is 0.139 e. The van der Waals surface area contributed by atoms with Crippen molar-refractivity contribution < 1.29 is 4.39 Å². The van der Waals surface area contributed by atoms with Gasteiger partial charge in [0.1, 0.15) is 23.0 Å². The van der Waals surface area contributed by atoms with Crippen molar-refractivity contribution in [3.63, 3.8) is 0 Å². The van der Waals surface area contributed by atoms with Crippen LogP contribution in [0.4, 0.5) is 10.2 Å². The number of halogens is 1. The quantitative estimate of drug-likeness (QED) is 0.732. The van der Waals surface area contributed by atoms with Crippen molar-refractivity contribution in [2.45, 2.75) is 20.8 Å². The summed E-state index contributed by atoms with van der Waals surface area (Å²) in [6.45, 7) is 5.89. The molecule has 0 aliphatic heterocycles. The number of rotatable bonds is 1. The highest BCUT2D eigenvalue weighted by Gasteiger charge is 2.16. The zero-order valence-electron chi connectivity index (χ0n) is 11.7. The van der Waals surface area contributed by atoms with Crippen molar-refractivity contribution in [1.29, 1.82) is 0 Å². The first kappa shape index (κ1) is 12.7. The molecule has 4 heteroatoms. The third kappa shape index (κ3) is 1.84. The van der Waals surface area contributed by atoms with Gasteiger partial charge in [-0.2, -0.15) is 0 Å². The molecule has 0 bridgehead atoms. The lowest BCUT2D eigenvalue weighted by Crippen LogP contribution is -1.98. The maximum absolute atomic E-state index is 14.0. The Kier molecular flexibility index (Phi) is 2.74. The van der Waals surface area contributed by atoms with E-state index in [1.165, 1.54) is 6.07 Å². The van der Waals surface area contributed by atoms with Gasteiger partial charge < -0.3 is 5.73 Å². The number of hydrogen-bond acceptors (Lipinski definition) is 2. The van der Waals surface area contributed by atoms with Gasteiger partial charge in [0.25, 0.3) is 0 Å². The average Bonchev–Trinajstić information content (AvgIpc) is 2.69. The van der Waals surface area contributed by atoms with Crippen LogP contribution in [0.5, 0.6) is 0 Å². The lowest BCUT2D eigenvalue weighted by molar-refractivity contribution is 0.630. The fourth-order valence-corrected chi connectivity index (χ4v) is 2.58. The molecule has 3 aromatic rings. The molecule has 0 saturated carbocycles. The third-order valence-electron chi connectivity index (χ3n) is 3.46. The first-order valence-corrected chi connectivity index (χ1v) is 6.49. The predicted molar refractivity (Wildman–Crippen MR) is 79.2 cm³/mol. The Morgan fingerprint density at radius 1 is 1.05 bits per heavy atom. The van der Waals surface area contributed by atoms with Gasteiger partial charge >= 0.3 is 0 Å². The number of nitrogens with two attached hydrogens (primary N) is 1. The molecule has 2 aromatic heterocycles. The normalized spacial score (nSPS) is 11.2. The highest BCUT2D eigenvalue weighted by molar-refractivity contribution is 5.76. The summed E-state index contributed by atoms with van der Waals surface area (Å²) in [6, 6.07) is 8.93. The van der Waals surface area contributed by atoms with Gasteiger partial charge in [-0.3, -0.25) is 4.40 Å². The van der Waals surface area contributed by atoms with Crippen LogP contribution >= 0.6 is 0 Å². The van der Waals surface area contributed by atoms with Crippen molar-refractivity contribution >= 4 is 11.5 Å². The van der Waals surface area contributed by atoms with E-state index >= 15 is 0 Å². The number of imidazole rings is 1. The summed E-state index contributed by atoms with van der Waals surface area (Å²) in [5, 5.41) is 0. The number of nitrogen functional groups attached to an aromatic ring is 1. The summed E-state index contributed by atoms with van der Waals surface area (Å²) >= 11 is 0. The van der Waals surface area contributed by atoms with Crippen LogP contribution in [-0.2, 0) is 0 Å². The van der Waals surface area contributed by atoms with Crippen LogP contribution in [-0.4, -0.2) is 9.38 Å². The highest BCUT2D eigenvalue weighted by Crippen LogP contribution is 2.30. The summed E-state index contributed by atoms with van der Waals surface area (Å²) < 4.78 is 15.9. The number of hydrogen-bond donors (Lipinski definition) is 1. The van der Waals surface area contributed by atoms with Crippen LogP contribution in [0.25, 0.3) is 16.9 Å². The number of fused-ring (bicyclic) bond motifs is 1. The number of benzene rings is 1. The number of anilines is 1. The maximum atomic E-state index is 14.0. The van der Waals surface area contributed by atoms with Gasteiger partial charge in [0, 0.05) is 11.3 Å². The number of nitrogens with zero attached hydrogens (tertiary/aromatic N) is 2. The Morgan fingerprint density at radius 2 is 1.80 bits per heavy atom. The summed E-state index contributed by atoms with van der Waals surface area (Å²) in [5.41, 5.74) is 10.9. The van der Waals surface area contributed by atoms with Crippen LogP contribution in [0, 0.1) is 26.6 Å².